The van der Waals surface area contributed by atoms with Crippen LogP contribution < -0.4 is 4.72 Å². The number of nitrogens with zero attached hydrogens (tertiary/aromatic N) is 3. The first-order valence-electron chi connectivity index (χ1n) is 9.39. The minimum absolute atomic E-state index is 0.116. The van der Waals surface area contributed by atoms with E-state index in [1.807, 2.05) is 39.0 Å². The number of carbonyl (C=O) groups is 1. The van der Waals surface area contributed by atoms with E-state index in [1.165, 1.54) is 23.0 Å². The van der Waals surface area contributed by atoms with Gasteiger partial charge < -0.3 is 4.90 Å². The fourth-order valence-corrected chi connectivity index (χ4v) is 4.02. The molecule has 0 aliphatic rings. The normalized spacial score (nSPS) is 11.3. The molecular formula is C21H24N4O3S. The largest absolute Gasteiger partial charge is 0.339 e. The van der Waals surface area contributed by atoms with E-state index in [9.17, 15) is 13.2 Å². The van der Waals surface area contributed by atoms with Crippen molar-refractivity contribution in [1.29, 1.82) is 0 Å². The maximum atomic E-state index is 13.0. The first-order valence-corrected chi connectivity index (χ1v) is 10.9. The molecule has 1 heterocycles. The molecule has 3 aromatic rings. The van der Waals surface area contributed by atoms with Crippen LogP contribution in [-0.4, -0.2) is 42.1 Å². The zero-order chi connectivity index (χ0) is 21.0. The number of anilines is 1. The lowest BCUT2D eigenvalue weighted by Crippen LogP contribution is -2.31. The van der Waals surface area contributed by atoms with Crippen molar-refractivity contribution in [2.45, 2.75) is 25.7 Å². The molecular weight excluding hydrogens is 388 g/mol. The van der Waals surface area contributed by atoms with Crippen molar-refractivity contribution in [3.05, 3.63) is 71.9 Å². The average Bonchev–Trinajstić information content (AvgIpc) is 3.12. The molecule has 152 valence electrons. The highest BCUT2D eigenvalue weighted by atomic mass is 32.2. The predicted molar refractivity (Wildman–Crippen MR) is 113 cm³/mol. The van der Waals surface area contributed by atoms with Gasteiger partial charge in [0.1, 0.15) is 5.56 Å². The summed E-state index contributed by atoms with van der Waals surface area (Å²) in [6.07, 6.45) is 1.40. The Morgan fingerprint density at radius 3 is 2.24 bits per heavy atom. The molecule has 0 radical (unpaired) electrons. The zero-order valence-electron chi connectivity index (χ0n) is 16.7. The second-order valence-electron chi connectivity index (χ2n) is 6.55. The van der Waals surface area contributed by atoms with Crippen LogP contribution in [0.1, 0.15) is 29.8 Å². The van der Waals surface area contributed by atoms with Crippen LogP contribution in [0.15, 0.2) is 65.7 Å². The topological polar surface area (TPSA) is 84.3 Å². The van der Waals surface area contributed by atoms with Crippen LogP contribution in [0, 0.1) is 6.92 Å². The Bertz CT molecular complexity index is 1090. The number of aryl methyl sites for hydroxylation is 1. The number of rotatable bonds is 7. The van der Waals surface area contributed by atoms with Gasteiger partial charge in [-0.3, -0.25) is 9.52 Å². The Morgan fingerprint density at radius 2 is 1.66 bits per heavy atom. The van der Waals surface area contributed by atoms with E-state index in [1.54, 1.807) is 29.2 Å². The van der Waals surface area contributed by atoms with Gasteiger partial charge in [-0.25, -0.2) is 13.1 Å². The van der Waals surface area contributed by atoms with Crippen LogP contribution in [0.3, 0.4) is 0 Å². The molecule has 0 saturated heterocycles. The molecule has 0 fully saturated rings. The summed E-state index contributed by atoms with van der Waals surface area (Å²) in [6, 6.07) is 15.6. The molecule has 1 N–H and O–H groups in total. The summed E-state index contributed by atoms with van der Waals surface area (Å²) >= 11 is 0. The maximum absolute atomic E-state index is 13.0. The molecule has 1 amide bonds. The van der Waals surface area contributed by atoms with Crippen LogP contribution >= 0.6 is 0 Å². The van der Waals surface area contributed by atoms with Gasteiger partial charge in [-0.2, -0.15) is 5.10 Å². The summed E-state index contributed by atoms with van der Waals surface area (Å²) in [5, 5.41) is 4.29. The van der Waals surface area contributed by atoms with Crippen molar-refractivity contribution in [3.8, 4) is 5.69 Å². The Labute approximate surface area is 171 Å². The molecule has 3 rings (SSSR count). The van der Waals surface area contributed by atoms with Crippen molar-refractivity contribution < 1.29 is 13.2 Å². The first-order chi connectivity index (χ1) is 13.9. The number of sulfonamides is 1. The summed E-state index contributed by atoms with van der Waals surface area (Å²) in [7, 11) is -3.91. The monoisotopic (exact) mass is 412 g/mol. The zero-order valence-corrected chi connectivity index (χ0v) is 17.5. The van der Waals surface area contributed by atoms with Gasteiger partial charge in [-0.1, -0.05) is 35.9 Å². The molecule has 0 saturated carbocycles. The lowest BCUT2D eigenvalue weighted by atomic mass is 10.2. The van der Waals surface area contributed by atoms with Crippen LogP contribution in [0.2, 0.25) is 0 Å². The summed E-state index contributed by atoms with van der Waals surface area (Å²) < 4.78 is 30.0. The van der Waals surface area contributed by atoms with Crippen molar-refractivity contribution in [1.82, 2.24) is 14.7 Å². The minimum Gasteiger partial charge on any atom is -0.339 e. The Hall–Kier alpha value is -3.13. The molecule has 0 unspecified atom stereocenters. The smallest absolute Gasteiger partial charge is 0.263 e. The molecule has 2 aromatic carbocycles. The number of amides is 1. The van der Waals surface area contributed by atoms with Crippen molar-refractivity contribution in [2.75, 3.05) is 17.8 Å². The summed E-state index contributed by atoms with van der Waals surface area (Å²) in [4.78, 5) is 14.7. The van der Waals surface area contributed by atoms with Crippen LogP contribution in [0.25, 0.3) is 5.69 Å². The van der Waals surface area contributed by atoms with Crippen molar-refractivity contribution in [3.63, 3.8) is 0 Å². The first kappa shape index (κ1) is 20.6. The molecule has 0 aliphatic carbocycles. The summed E-state index contributed by atoms with van der Waals surface area (Å²) in [6.45, 7) is 6.65. The lowest BCUT2D eigenvalue weighted by Gasteiger charge is -2.19. The molecule has 0 atom stereocenters. The highest BCUT2D eigenvalue weighted by Crippen LogP contribution is 2.25. The van der Waals surface area contributed by atoms with E-state index in [0.29, 0.717) is 18.8 Å². The van der Waals surface area contributed by atoms with E-state index in [4.69, 9.17) is 0 Å². The van der Waals surface area contributed by atoms with E-state index >= 15 is 0 Å². The van der Waals surface area contributed by atoms with Crippen molar-refractivity contribution >= 4 is 21.7 Å². The van der Waals surface area contributed by atoms with Gasteiger partial charge >= 0.3 is 0 Å². The Balaban J connectivity index is 2.10. The predicted octanol–water partition coefficient (Wildman–Crippen LogP) is 3.46. The van der Waals surface area contributed by atoms with Gasteiger partial charge in [0.05, 0.1) is 16.8 Å². The highest BCUT2D eigenvalue weighted by Gasteiger charge is 2.26. The standard InChI is InChI=1S/C21H24N4O3S/c1-4-24(5-2)21(26)19-15-22-25(17-9-7-6-8-10-17)20(19)23-29(27,28)18-13-11-16(3)12-14-18/h6-15,23H,4-5H2,1-3H3. The van der Waals surface area contributed by atoms with Crippen LogP contribution in [0.5, 0.6) is 0 Å². The number of hydrogen-bond acceptors (Lipinski definition) is 4. The molecule has 29 heavy (non-hydrogen) atoms. The molecule has 0 spiro atoms. The van der Waals surface area contributed by atoms with Crippen LogP contribution in [-0.2, 0) is 10.0 Å². The molecule has 0 bridgehead atoms. The van der Waals surface area contributed by atoms with Gasteiger partial charge in [0.25, 0.3) is 15.9 Å². The molecule has 7 nitrogen and oxygen atoms in total. The number of hydrogen-bond donors (Lipinski definition) is 1. The second kappa shape index (κ2) is 8.48. The van der Waals surface area contributed by atoms with Crippen LogP contribution in [0.4, 0.5) is 5.82 Å². The van der Waals surface area contributed by atoms with Gasteiger partial charge in [0.2, 0.25) is 0 Å². The maximum Gasteiger partial charge on any atom is 0.263 e. The van der Waals surface area contributed by atoms with E-state index in [-0.39, 0.29) is 22.2 Å². The number of aromatic nitrogens is 2. The average molecular weight is 413 g/mol. The number of para-hydroxylation sites is 1. The highest BCUT2D eigenvalue weighted by molar-refractivity contribution is 7.92. The number of benzene rings is 2. The molecule has 0 aliphatic heterocycles. The van der Waals surface area contributed by atoms with Gasteiger partial charge in [0.15, 0.2) is 5.82 Å². The third-order valence-corrected chi connectivity index (χ3v) is 5.97. The minimum atomic E-state index is -3.91. The van der Waals surface area contributed by atoms with Gasteiger partial charge in [0, 0.05) is 13.1 Å². The molecule has 1 aromatic heterocycles. The molecule has 8 heteroatoms. The number of nitrogens with one attached hydrogen (secondary N) is 1. The van der Waals surface area contributed by atoms with E-state index in [0.717, 1.165) is 5.56 Å². The fraction of sp³-hybridized carbons (Fsp3) is 0.238. The number of carbonyl (C=O) groups excluding carboxylic acids is 1. The van der Waals surface area contributed by atoms with E-state index in [2.05, 4.69) is 9.82 Å². The quantitative estimate of drug-likeness (QED) is 0.644. The lowest BCUT2D eigenvalue weighted by molar-refractivity contribution is 0.0774. The summed E-state index contributed by atoms with van der Waals surface area (Å²) in [5.74, 6) is -0.160. The Morgan fingerprint density at radius 1 is 1.03 bits per heavy atom. The summed E-state index contributed by atoms with van der Waals surface area (Å²) in [5.41, 5.74) is 1.80. The third kappa shape index (κ3) is 4.32. The fourth-order valence-electron chi connectivity index (χ4n) is 2.95. The van der Waals surface area contributed by atoms with Gasteiger partial charge in [-0.05, 0) is 45.0 Å². The van der Waals surface area contributed by atoms with Gasteiger partial charge in [-0.15, -0.1) is 0 Å². The SMILES string of the molecule is CCN(CC)C(=O)c1cnn(-c2ccccc2)c1NS(=O)(=O)c1ccc(C)cc1. The Kier molecular flexibility index (Phi) is 6.03. The van der Waals surface area contributed by atoms with Crippen molar-refractivity contribution in [2.24, 2.45) is 0 Å². The second-order valence-corrected chi connectivity index (χ2v) is 8.23. The third-order valence-electron chi connectivity index (χ3n) is 4.61. The van der Waals surface area contributed by atoms with E-state index < -0.39 is 10.0 Å².